The summed E-state index contributed by atoms with van der Waals surface area (Å²) < 4.78 is 1.07. The zero-order valence-electron chi connectivity index (χ0n) is 16.8. The van der Waals surface area contributed by atoms with Crippen LogP contribution in [-0.2, 0) is 0 Å². The second kappa shape index (κ2) is 7.88. The lowest BCUT2D eigenvalue weighted by Crippen LogP contribution is -2.31. The molecular weight excluding hydrogens is 404 g/mol. The van der Waals surface area contributed by atoms with Crippen LogP contribution in [-0.4, -0.2) is 20.9 Å². The molecule has 156 valence electrons. The first-order chi connectivity index (χ1) is 15.6. The number of rotatable bonds is 4. The lowest BCUT2D eigenvalue weighted by atomic mass is 10.1. The number of fused-ring (bicyclic) bond motifs is 2. The maximum atomic E-state index is 12.6. The number of H-pyrrole nitrogens is 1. The van der Waals surface area contributed by atoms with Gasteiger partial charge in [-0.15, -0.1) is 0 Å². The molecule has 7 heteroatoms. The second-order valence-electron chi connectivity index (χ2n) is 7.23. The van der Waals surface area contributed by atoms with Crippen LogP contribution in [0.15, 0.2) is 99.6 Å². The fourth-order valence-electron chi connectivity index (χ4n) is 3.77. The molecule has 0 spiro atoms. The van der Waals surface area contributed by atoms with Crippen molar-refractivity contribution in [2.45, 2.75) is 0 Å². The summed E-state index contributed by atoms with van der Waals surface area (Å²) in [5, 5.41) is 18.7. The quantitative estimate of drug-likeness (QED) is 0.301. The summed E-state index contributed by atoms with van der Waals surface area (Å²) in [5.41, 5.74) is 2.52. The molecule has 0 aliphatic heterocycles. The highest BCUT2D eigenvalue weighted by Crippen LogP contribution is 2.25. The molecule has 0 bridgehead atoms. The SMILES string of the molecule is O=c1[nH]c(=O)n(-c2cccc3ccccc23)c(O)c1C=NNc1cccc2ccccc12. The Labute approximate surface area is 181 Å². The molecule has 0 atom stereocenters. The van der Waals surface area contributed by atoms with Crippen molar-refractivity contribution in [3.05, 3.63) is 111 Å². The van der Waals surface area contributed by atoms with Gasteiger partial charge in [-0.2, -0.15) is 5.10 Å². The average molecular weight is 422 g/mol. The summed E-state index contributed by atoms with van der Waals surface area (Å²) in [6, 6.07) is 26.4. The largest absolute Gasteiger partial charge is 0.493 e. The van der Waals surface area contributed by atoms with Crippen molar-refractivity contribution in [3.8, 4) is 11.6 Å². The molecule has 0 aliphatic rings. The van der Waals surface area contributed by atoms with Crippen LogP contribution in [0.5, 0.6) is 5.88 Å². The number of aromatic hydroxyl groups is 1. The molecule has 0 saturated heterocycles. The summed E-state index contributed by atoms with van der Waals surface area (Å²) in [4.78, 5) is 27.3. The zero-order chi connectivity index (χ0) is 22.1. The van der Waals surface area contributed by atoms with Gasteiger partial charge in [0.05, 0.1) is 17.6 Å². The monoisotopic (exact) mass is 422 g/mol. The minimum Gasteiger partial charge on any atom is -0.493 e. The highest BCUT2D eigenvalue weighted by Gasteiger charge is 2.16. The molecule has 0 saturated carbocycles. The second-order valence-corrected chi connectivity index (χ2v) is 7.23. The maximum absolute atomic E-state index is 12.6. The van der Waals surface area contributed by atoms with E-state index in [4.69, 9.17) is 0 Å². The molecule has 1 heterocycles. The third kappa shape index (κ3) is 3.31. The van der Waals surface area contributed by atoms with Crippen molar-refractivity contribution in [1.82, 2.24) is 9.55 Å². The van der Waals surface area contributed by atoms with E-state index in [1.165, 1.54) is 6.21 Å². The van der Waals surface area contributed by atoms with E-state index >= 15 is 0 Å². The number of benzene rings is 4. The van der Waals surface area contributed by atoms with Crippen LogP contribution in [0.2, 0.25) is 0 Å². The van der Waals surface area contributed by atoms with E-state index in [1.54, 1.807) is 12.1 Å². The first kappa shape index (κ1) is 19.3. The average Bonchev–Trinajstić information content (AvgIpc) is 2.81. The summed E-state index contributed by atoms with van der Waals surface area (Å²) in [7, 11) is 0. The minimum atomic E-state index is -0.733. The lowest BCUT2D eigenvalue weighted by molar-refractivity contribution is 0.430. The Morgan fingerprint density at radius 1 is 0.812 bits per heavy atom. The van der Waals surface area contributed by atoms with E-state index in [-0.39, 0.29) is 5.56 Å². The van der Waals surface area contributed by atoms with E-state index in [2.05, 4.69) is 15.5 Å². The molecule has 4 aromatic carbocycles. The van der Waals surface area contributed by atoms with Crippen LogP contribution in [0.25, 0.3) is 27.2 Å². The lowest BCUT2D eigenvalue weighted by Gasteiger charge is -2.12. The summed E-state index contributed by atoms with van der Waals surface area (Å²) in [5.74, 6) is -0.487. The van der Waals surface area contributed by atoms with Gasteiger partial charge in [0, 0.05) is 10.8 Å². The number of anilines is 1. The first-order valence-corrected chi connectivity index (χ1v) is 9.97. The van der Waals surface area contributed by atoms with E-state index in [0.29, 0.717) is 5.69 Å². The van der Waals surface area contributed by atoms with Crippen molar-refractivity contribution in [1.29, 1.82) is 0 Å². The molecule has 0 fully saturated rings. The van der Waals surface area contributed by atoms with Crippen molar-refractivity contribution < 1.29 is 5.11 Å². The van der Waals surface area contributed by atoms with Gasteiger partial charge in [0.1, 0.15) is 5.56 Å². The number of nitrogens with zero attached hydrogens (tertiary/aromatic N) is 2. The van der Waals surface area contributed by atoms with Crippen molar-refractivity contribution in [2.24, 2.45) is 5.10 Å². The Kier molecular flexibility index (Phi) is 4.76. The van der Waals surface area contributed by atoms with Crippen LogP contribution in [0.3, 0.4) is 0 Å². The van der Waals surface area contributed by atoms with Gasteiger partial charge in [0.2, 0.25) is 5.88 Å². The van der Waals surface area contributed by atoms with Crippen molar-refractivity contribution >= 4 is 33.4 Å². The number of hydrogen-bond donors (Lipinski definition) is 3. The molecule has 0 aliphatic carbocycles. The molecule has 32 heavy (non-hydrogen) atoms. The predicted molar refractivity (Wildman–Crippen MR) is 127 cm³/mol. The van der Waals surface area contributed by atoms with Gasteiger partial charge in [-0.1, -0.05) is 72.8 Å². The standard InChI is InChI=1S/C25H18N4O3/c30-23-20(15-26-28-21-13-5-9-16-7-1-3-11-18(16)21)24(31)29(25(32)27-23)22-14-6-10-17-8-2-4-12-19(17)22/h1-15,28,31H,(H,27,30,32). The van der Waals surface area contributed by atoms with Gasteiger partial charge in [-0.25, -0.2) is 9.36 Å². The molecule has 3 N–H and O–H groups in total. The summed E-state index contributed by atoms with van der Waals surface area (Å²) >= 11 is 0. The van der Waals surface area contributed by atoms with E-state index in [1.807, 2.05) is 72.8 Å². The van der Waals surface area contributed by atoms with Crippen molar-refractivity contribution in [2.75, 3.05) is 5.43 Å². The van der Waals surface area contributed by atoms with Crippen LogP contribution in [0, 0.1) is 0 Å². The third-order valence-electron chi connectivity index (χ3n) is 5.30. The smallest absolute Gasteiger partial charge is 0.335 e. The molecule has 7 nitrogen and oxygen atoms in total. The fourth-order valence-corrected chi connectivity index (χ4v) is 3.77. The number of aromatic amines is 1. The first-order valence-electron chi connectivity index (χ1n) is 9.97. The third-order valence-corrected chi connectivity index (χ3v) is 5.30. The van der Waals surface area contributed by atoms with Crippen LogP contribution in [0.4, 0.5) is 5.69 Å². The Balaban J connectivity index is 1.58. The Hall–Kier alpha value is -4.65. The van der Waals surface area contributed by atoms with Crippen LogP contribution >= 0.6 is 0 Å². The van der Waals surface area contributed by atoms with E-state index in [9.17, 15) is 14.7 Å². The van der Waals surface area contributed by atoms with Crippen LogP contribution < -0.4 is 16.7 Å². The van der Waals surface area contributed by atoms with E-state index in [0.717, 1.165) is 31.8 Å². The molecule has 0 amide bonds. The Morgan fingerprint density at radius 2 is 1.44 bits per heavy atom. The number of aromatic nitrogens is 2. The summed E-state index contributed by atoms with van der Waals surface area (Å²) in [6.45, 7) is 0. The number of hydrogen-bond acceptors (Lipinski definition) is 5. The molecule has 1 aromatic heterocycles. The van der Waals surface area contributed by atoms with Gasteiger partial charge in [0.25, 0.3) is 5.56 Å². The van der Waals surface area contributed by atoms with Gasteiger partial charge in [-0.3, -0.25) is 15.2 Å². The van der Waals surface area contributed by atoms with Crippen molar-refractivity contribution in [3.63, 3.8) is 0 Å². The van der Waals surface area contributed by atoms with Gasteiger partial charge >= 0.3 is 5.69 Å². The van der Waals surface area contributed by atoms with Crippen LogP contribution in [0.1, 0.15) is 5.56 Å². The molecule has 0 radical (unpaired) electrons. The molecule has 5 aromatic rings. The molecule has 0 unspecified atom stereocenters. The minimum absolute atomic E-state index is 0.134. The van der Waals surface area contributed by atoms with Gasteiger partial charge in [0.15, 0.2) is 0 Å². The predicted octanol–water partition coefficient (Wildman–Crippen LogP) is 3.98. The topological polar surface area (TPSA) is 99.5 Å². The molecular formula is C25H18N4O3. The number of hydrazone groups is 1. The normalized spacial score (nSPS) is 11.4. The molecule has 5 rings (SSSR count). The highest BCUT2D eigenvalue weighted by molar-refractivity contribution is 5.94. The van der Waals surface area contributed by atoms with Gasteiger partial charge < -0.3 is 5.11 Å². The maximum Gasteiger partial charge on any atom is 0.335 e. The Morgan fingerprint density at radius 3 is 2.22 bits per heavy atom. The van der Waals surface area contributed by atoms with Gasteiger partial charge in [-0.05, 0) is 22.9 Å². The van der Waals surface area contributed by atoms with E-state index < -0.39 is 17.1 Å². The fraction of sp³-hybridized carbons (Fsp3) is 0. The number of nitrogens with one attached hydrogen (secondary N) is 2. The summed E-state index contributed by atoms with van der Waals surface area (Å²) in [6.07, 6.45) is 1.21. The zero-order valence-corrected chi connectivity index (χ0v) is 16.8. The highest BCUT2D eigenvalue weighted by atomic mass is 16.3. The Bertz CT molecular complexity index is 1610.